The first-order valence-electron chi connectivity index (χ1n) is 5.35. The van der Waals surface area contributed by atoms with E-state index >= 15 is 0 Å². The van der Waals surface area contributed by atoms with Crippen LogP contribution in [-0.2, 0) is 0 Å². The van der Waals surface area contributed by atoms with Gasteiger partial charge in [-0.15, -0.1) is 11.8 Å². The van der Waals surface area contributed by atoms with Crippen LogP contribution < -0.4 is 4.90 Å². The Morgan fingerprint density at radius 2 is 2.12 bits per heavy atom. The molecule has 0 aliphatic carbocycles. The highest BCUT2D eigenvalue weighted by Gasteiger charge is 2.26. The average molecular weight is 260 g/mol. The summed E-state index contributed by atoms with van der Waals surface area (Å²) in [5, 5.41) is 2.38. The Morgan fingerprint density at radius 1 is 1.29 bits per heavy atom. The summed E-state index contributed by atoms with van der Waals surface area (Å²) in [6.45, 7) is 0. The van der Waals surface area contributed by atoms with Gasteiger partial charge < -0.3 is 4.90 Å². The molecule has 0 spiro atoms. The smallest absolute Gasteiger partial charge is 0.106 e. The maximum atomic E-state index is 4.38. The van der Waals surface area contributed by atoms with Crippen LogP contribution in [0.1, 0.15) is 0 Å². The van der Waals surface area contributed by atoms with Gasteiger partial charge >= 0.3 is 0 Å². The van der Waals surface area contributed by atoms with Crippen LogP contribution in [0.2, 0.25) is 0 Å². The van der Waals surface area contributed by atoms with Crippen LogP contribution >= 0.6 is 23.5 Å². The minimum absolute atomic E-state index is 1.10. The van der Waals surface area contributed by atoms with Gasteiger partial charge in [-0.05, 0) is 24.5 Å². The summed E-state index contributed by atoms with van der Waals surface area (Å²) in [4.78, 5) is 7.94. The van der Waals surface area contributed by atoms with Crippen molar-refractivity contribution in [1.29, 1.82) is 0 Å². The van der Waals surface area contributed by atoms with Gasteiger partial charge in [0, 0.05) is 23.7 Å². The number of aliphatic imine (C=N–C) groups is 1. The van der Waals surface area contributed by atoms with Crippen LogP contribution in [0.15, 0.2) is 57.0 Å². The number of fused-ring (bicyclic) bond motifs is 1. The van der Waals surface area contributed by atoms with Crippen molar-refractivity contribution in [3.05, 3.63) is 47.1 Å². The zero-order chi connectivity index (χ0) is 11.8. The Kier molecular flexibility index (Phi) is 2.76. The van der Waals surface area contributed by atoms with Crippen molar-refractivity contribution < 1.29 is 0 Å². The van der Waals surface area contributed by atoms with Gasteiger partial charge in [0.15, 0.2) is 0 Å². The Hall–Kier alpha value is -1.13. The lowest BCUT2D eigenvalue weighted by atomic mass is 10.3. The number of allylic oxidation sites excluding steroid dienone is 1. The standard InChI is InChI=1S/C13H12N2S2/c1-15-10-5-3-4-6-11(10)17-13(15)9-7-8-14-12(9)16-2/h3-8H,1-2H3. The number of benzene rings is 1. The Balaban J connectivity index is 2.07. The second-order valence-corrected chi connectivity index (χ2v) is 5.63. The van der Waals surface area contributed by atoms with E-state index in [1.165, 1.54) is 21.2 Å². The van der Waals surface area contributed by atoms with E-state index in [1.807, 2.05) is 18.0 Å². The molecular formula is C13H12N2S2. The van der Waals surface area contributed by atoms with Gasteiger partial charge in [0.2, 0.25) is 0 Å². The third-order valence-corrected chi connectivity index (χ3v) is 4.79. The molecule has 1 aromatic carbocycles. The van der Waals surface area contributed by atoms with E-state index in [0.717, 1.165) is 5.04 Å². The number of thioether (sulfide) groups is 2. The first kappa shape index (κ1) is 11.0. The van der Waals surface area contributed by atoms with Gasteiger partial charge in [-0.2, -0.15) is 0 Å². The summed E-state index contributed by atoms with van der Waals surface area (Å²) in [6, 6.07) is 8.49. The van der Waals surface area contributed by atoms with Crippen molar-refractivity contribution in [2.24, 2.45) is 4.99 Å². The number of anilines is 1. The van der Waals surface area contributed by atoms with Gasteiger partial charge in [-0.1, -0.05) is 23.9 Å². The summed E-state index contributed by atoms with van der Waals surface area (Å²) in [6.07, 6.45) is 6.04. The van der Waals surface area contributed by atoms with Gasteiger partial charge in [-0.25, -0.2) is 4.99 Å². The van der Waals surface area contributed by atoms with E-state index < -0.39 is 0 Å². The minimum atomic E-state index is 1.10. The molecule has 0 aromatic heterocycles. The fraction of sp³-hybridized carbons (Fsp3) is 0.154. The molecule has 4 heteroatoms. The number of nitrogens with zero attached hydrogens (tertiary/aromatic N) is 2. The monoisotopic (exact) mass is 260 g/mol. The first-order valence-corrected chi connectivity index (χ1v) is 7.39. The minimum Gasteiger partial charge on any atom is -0.338 e. The van der Waals surface area contributed by atoms with Crippen molar-refractivity contribution in [3.8, 4) is 0 Å². The molecule has 0 bridgehead atoms. The maximum absolute atomic E-state index is 4.38. The van der Waals surface area contributed by atoms with Crippen LogP contribution in [0.4, 0.5) is 5.69 Å². The Bertz CT molecular complexity index is 558. The van der Waals surface area contributed by atoms with Crippen LogP contribution in [0.5, 0.6) is 0 Å². The largest absolute Gasteiger partial charge is 0.338 e. The van der Waals surface area contributed by atoms with Crippen LogP contribution in [0.25, 0.3) is 0 Å². The SMILES string of the molecule is CSC1=NC=CC1=C1Sc2ccccc2N1C. The predicted octanol–water partition coefficient (Wildman–Crippen LogP) is 3.73. The number of hydrogen-bond acceptors (Lipinski definition) is 4. The van der Waals surface area contributed by atoms with Gasteiger partial charge in [0.1, 0.15) is 5.04 Å². The van der Waals surface area contributed by atoms with E-state index in [9.17, 15) is 0 Å². The molecule has 2 heterocycles. The van der Waals surface area contributed by atoms with Crippen molar-refractivity contribution in [2.45, 2.75) is 4.90 Å². The highest BCUT2D eigenvalue weighted by atomic mass is 32.2. The van der Waals surface area contributed by atoms with Gasteiger partial charge in [0.25, 0.3) is 0 Å². The van der Waals surface area contributed by atoms with E-state index in [0.29, 0.717) is 0 Å². The molecule has 2 aliphatic heterocycles. The lowest BCUT2D eigenvalue weighted by Gasteiger charge is -2.15. The third kappa shape index (κ3) is 1.72. The fourth-order valence-electron chi connectivity index (χ4n) is 1.98. The fourth-order valence-corrected chi connectivity index (χ4v) is 3.77. The number of rotatable bonds is 0. The number of para-hydroxylation sites is 1. The molecule has 1 aromatic rings. The topological polar surface area (TPSA) is 15.6 Å². The zero-order valence-electron chi connectivity index (χ0n) is 9.68. The second kappa shape index (κ2) is 4.27. The molecule has 0 N–H and O–H groups in total. The molecule has 0 saturated heterocycles. The molecule has 0 unspecified atom stereocenters. The molecule has 2 aliphatic rings. The van der Waals surface area contributed by atoms with Crippen LogP contribution in [0, 0.1) is 0 Å². The normalized spacial score (nSPS) is 22.0. The summed E-state index contributed by atoms with van der Waals surface area (Å²) < 4.78 is 0. The predicted molar refractivity (Wildman–Crippen MR) is 77.8 cm³/mol. The quantitative estimate of drug-likeness (QED) is 0.707. The zero-order valence-corrected chi connectivity index (χ0v) is 11.3. The number of hydrogen-bond donors (Lipinski definition) is 0. The maximum Gasteiger partial charge on any atom is 0.106 e. The summed E-state index contributed by atoms with van der Waals surface area (Å²) in [7, 11) is 2.12. The van der Waals surface area contributed by atoms with Crippen LogP contribution in [0.3, 0.4) is 0 Å². The van der Waals surface area contributed by atoms with E-state index in [2.05, 4.69) is 53.5 Å². The molecular weight excluding hydrogens is 248 g/mol. The highest BCUT2D eigenvalue weighted by molar-refractivity contribution is 8.14. The molecule has 0 saturated carbocycles. The van der Waals surface area contributed by atoms with Crippen molar-refractivity contribution >= 4 is 34.3 Å². The molecule has 17 heavy (non-hydrogen) atoms. The highest BCUT2D eigenvalue weighted by Crippen LogP contribution is 2.47. The lowest BCUT2D eigenvalue weighted by molar-refractivity contribution is 1.17. The average Bonchev–Trinajstić information content (AvgIpc) is 2.94. The summed E-state index contributed by atoms with van der Waals surface area (Å²) in [5.41, 5.74) is 2.52. The van der Waals surface area contributed by atoms with E-state index in [4.69, 9.17) is 0 Å². The summed E-state index contributed by atoms with van der Waals surface area (Å²) in [5.74, 6) is 0. The molecule has 2 nitrogen and oxygen atoms in total. The lowest BCUT2D eigenvalue weighted by Crippen LogP contribution is -2.13. The van der Waals surface area contributed by atoms with Crippen molar-refractivity contribution in [3.63, 3.8) is 0 Å². The summed E-state index contributed by atoms with van der Waals surface area (Å²) >= 11 is 3.52. The van der Waals surface area contributed by atoms with Gasteiger partial charge in [-0.3, -0.25) is 0 Å². The molecule has 3 rings (SSSR count). The van der Waals surface area contributed by atoms with E-state index in [-0.39, 0.29) is 0 Å². The third-order valence-electron chi connectivity index (χ3n) is 2.83. The second-order valence-electron chi connectivity index (χ2n) is 3.80. The Labute approximate surface area is 109 Å². The molecule has 0 atom stereocenters. The van der Waals surface area contributed by atoms with Crippen molar-refractivity contribution in [1.82, 2.24) is 0 Å². The molecule has 0 fully saturated rings. The van der Waals surface area contributed by atoms with E-state index in [1.54, 1.807) is 11.8 Å². The van der Waals surface area contributed by atoms with Crippen LogP contribution in [-0.4, -0.2) is 18.3 Å². The van der Waals surface area contributed by atoms with Gasteiger partial charge in [0.05, 0.1) is 10.7 Å². The first-order chi connectivity index (χ1) is 8.31. The molecule has 0 amide bonds. The molecule has 86 valence electrons. The molecule has 0 radical (unpaired) electrons. The Morgan fingerprint density at radius 3 is 2.88 bits per heavy atom. The van der Waals surface area contributed by atoms with Crippen molar-refractivity contribution in [2.75, 3.05) is 18.2 Å².